The lowest BCUT2D eigenvalue weighted by atomic mass is 9.83. The highest BCUT2D eigenvalue weighted by Gasteiger charge is 2.36. The smallest absolute Gasteiger partial charge is 0.142 e. The Balaban J connectivity index is 1.90. The van der Waals surface area contributed by atoms with Crippen molar-refractivity contribution in [3.63, 3.8) is 0 Å². The van der Waals surface area contributed by atoms with Gasteiger partial charge in [0.25, 0.3) is 0 Å². The van der Waals surface area contributed by atoms with Crippen molar-refractivity contribution in [2.45, 2.75) is 18.8 Å². The number of piperidine rings is 1. The van der Waals surface area contributed by atoms with Crippen LogP contribution in [-0.2, 0) is 7.05 Å². The van der Waals surface area contributed by atoms with Gasteiger partial charge in [0.15, 0.2) is 0 Å². The molecular weight excluding hydrogens is 329 g/mol. The molecule has 1 aromatic carbocycles. The Bertz CT molecular complexity index is 1100. The molecule has 2 aromatic heterocycles. The lowest BCUT2D eigenvalue weighted by Gasteiger charge is -2.42. The Morgan fingerprint density at radius 1 is 1.31 bits per heavy atom. The zero-order valence-corrected chi connectivity index (χ0v) is 14.5. The van der Waals surface area contributed by atoms with Gasteiger partial charge in [-0.1, -0.05) is 0 Å². The molecule has 0 amide bonds. The summed E-state index contributed by atoms with van der Waals surface area (Å²) in [4.78, 5) is 6.92. The van der Waals surface area contributed by atoms with Crippen LogP contribution in [-0.4, -0.2) is 22.6 Å². The van der Waals surface area contributed by atoms with Crippen molar-refractivity contribution >= 4 is 22.4 Å². The molecule has 5 heterocycles. The number of nitrogens with zero attached hydrogens (tertiary/aromatic N) is 4. The van der Waals surface area contributed by atoms with Crippen molar-refractivity contribution in [2.75, 3.05) is 23.7 Å². The number of benzene rings is 1. The third kappa shape index (κ3) is 1.91. The molecule has 2 N–H and O–H groups in total. The minimum atomic E-state index is -0.273. The number of hydrogen-bond donors (Lipinski definition) is 1. The Kier molecular flexibility index (Phi) is 3.05. The molecular formula is C20H18FN5. The van der Waals surface area contributed by atoms with Gasteiger partial charge in [-0.3, -0.25) is 0 Å². The summed E-state index contributed by atoms with van der Waals surface area (Å²) in [5.41, 5.74) is 11.2. The second-order valence-electron chi connectivity index (χ2n) is 7.17. The van der Waals surface area contributed by atoms with E-state index < -0.39 is 0 Å². The van der Waals surface area contributed by atoms with Crippen LogP contribution in [0.5, 0.6) is 0 Å². The van der Waals surface area contributed by atoms with Crippen LogP contribution in [0.2, 0.25) is 0 Å². The molecule has 0 atom stereocenters. The van der Waals surface area contributed by atoms with E-state index in [0.717, 1.165) is 59.3 Å². The van der Waals surface area contributed by atoms with E-state index >= 15 is 0 Å². The zero-order chi connectivity index (χ0) is 18.0. The Morgan fingerprint density at radius 2 is 2.08 bits per heavy atom. The molecule has 1 saturated heterocycles. The first kappa shape index (κ1) is 15.2. The lowest BCUT2D eigenvalue weighted by molar-refractivity contribution is 0.465. The van der Waals surface area contributed by atoms with Gasteiger partial charge in [-0.25, -0.2) is 9.37 Å². The number of rotatable bonds is 1. The van der Waals surface area contributed by atoms with Gasteiger partial charge in [0.1, 0.15) is 23.3 Å². The van der Waals surface area contributed by atoms with Gasteiger partial charge in [-0.05, 0) is 31.0 Å². The van der Waals surface area contributed by atoms with Gasteiger partial charge in [0.05, 0.1) is 16.9 Å². The molecule has 3 aromatic rings. The van der Waals surface area contributed by atoms with Crippen LogP contribution in [0.3, 0.4) is 0 Å². The number of halogens is 1. The molecule has 0 spiro atoms. The largest absolute Gasteiger partial charge is 0.383 e. The SMILES string of the molecule is Cn1cc(-c2c(C#N)c(N)nc3c2N2CCC3CC2)c2ccc(F)cc21. The van der Waals surface area contributed by atoms with E-state index in [1.54, 1.807) is 6.07 Å². The number of pyridine rings is 1. The fourth-order valence-electron chi connectivity index (χ4n) is 4.53. The first-order valence-electron chi connectivity index (χ1n) is 8.82. The molecule has 0 aliphatic carbocycles. The van der Waals surface area contributed by atoms with E-state index in [9.17, 15) is 9.65 Å². The first-order valence-corrected chi connectivity index (χ1v) is 8.82. The Labute approximate surface area is 150 Å². The highest BCUT2D eigenvalue weighted by atomic mass is 19.1. The maximum Gasteiger partial charge on any atom is 0.142 e. The van der Waals surface area contributed by atoms with E-state index in [2.05, 4.69) is 16.0 Å². The quantitative estimate of drug-likeness (QED) is 0.731. The van der Waals surface area contributed by atoms with Crippen LogP contribution in [0.4, 0.5) is 15.9 Å². The van der Waals surface area contributed by atoms with Crippen LogP contribution in [0.15, 0.2) is 24.4 Å². The molecule has 0 saturated carbocycles. The average molecular weight is 347 g/mol. The van der Waals surface area contributed by atoms with Gasteiger partial charge in [0.2, 0.25) is 0 Å². The summed E-state index contributed by atoms with van der Waals surface area (Å²) in [5.74, 6) is 0.412. The van der Waals surface area contributed by atoms with Crippen molar-refractivity contribution < 1.29 is 4.39 Å². The predicted molar refractivity (Wildman–Crippen MR) is 99.4 cm³/mol. The second kappa shape index (κ2) is 5.21. The molecule has 0 unspecified atom stereocenters. The van der Waals surface area contributed by atoms with Crippen LogP contribution in [0.1, 0.15) is 30.0 Å². The van der Waals surface area contributed by atoms with Crippen molar-refractivity contribution in [1.29, 1.82) is 5.26 Å². The summed E-state index contributed by atoms with van der Waals surface area (Å²) >= 11 is 0. The van der Waals surface area contributed by atoms with Gasteiger partial charge in [-0.2, -0.15) is 5.26 Å². The van der Waals surface area contributed by atoms with Crippen molar-refractivity contribution in [2.24, 2.45) is 7.05 Å². The molecule has 1 fully saturated rings. The summed E-state index contributed by atoms with van der Waals surface area (Å²) < 4.78 is 15.6. The molecule has 130 valence electrons. The number of anilines is 2. The zero-order valence-electron chi connectivity index (χ0n) is 14.5. The van der Waals surface area contributed by atoms with Crippen molar-refractivity contribution in [3.05, 3.63) is 41.5 Å². The molecule has 6 heteroatoms. The minimum Gasteiger partial charge on any atom is -0.383 e. The van der Waals surface area contributed by atoms with Crippen LogP contribution in [0, 0.1) is 17.1 Å². The number of aryl methyl sites for hydroxylation is 1. The van der Waals surface area contributed by atoms with Gasteiger partial charge >= 0.3 is 0 Å². The number of hydrogen-bond acceptors (Lipinski definition) is 4. The van der Waals surface area contributed by atoms with Crippen molar-refractivity contribution in [1.82, 2.24) is 9.55 Å². The van der Waals surface area contributed by atoms with Crippen molar-refractivity contribution in [3.8, 4) is 17.2 Å². The summed E-state index contributed by atoms with van der Waals surface area (Å²) in [6.45, 7) is 1.95. The third-order valence-corrected chi connectivity index (χ3v) is 5.76. The standard InChI is InChI=1S/C20H18FN5/c1-25-10-15(13-3-2-12(21)8-16(13)25)17-14(9-22)20(23)24-18-11-4-6-26(7-5-11)19(17)18/h2-3,8,10-11H,4-7H2,1H3,(H2,23,24). The monoisotopic (exact) mass is 347 g/mol. The fraction of sp³-hybridized carbons (Fsp3) is 0.300. The number of nitrogens with two attached hydrogens (primary N) is 1. The van der Waals surface area contributed by atoms with Crippen LogP contribution >= 0.6 is 0 Å². The molecule has 6 rings (SSSR count). The molecule has 5 nitrogen and oxygen atoms in total. The molecule has 2 bridgehead atoms. The highest BCUT2D eigenvalue weighted by molar-refractivity contribution is 6.02. The van der Waals surface area contributed by atoms with E-state index in [4.69, 9.17) is 5.73 Å². The summed E-state index contributed by atoms with van der Waals surface area (Å²) in [7, 11) is 1.89. The number of fused-ring (bicyclic) bond motifs is 3. The van der Waals surface area contributed by atoms with Gasteiger partial charge in [0, 0.05) is 48.8 Å². The highest BCUT2D eigenvalue weighted by Crippen LogP contribution is 2.49. The van der Waals surface area contributed by atoms with Gasteiger partial charge < -0.3 is 15.2 Å². The average Bonchev–Trinajstić information content (AvgIpc) is 2.97. The van der Waals surface area contributed by atoms with Crippen LogP contribution in [0.25, 0.3) is 22.0 Å². The topological polar surface area (TPSA) is 70.9 Å². The fourth-order valence-corrected chi connectivity index (χ4v) is 4.53. The molecule has 3 aliphatic rings. The predicted octanol–water partition coefficient (Wildman–Crippen LogP) is 3.53. The third-order valence-electron chi connectivity index (χ3n) is 5.76. The minimum absolute atomic E-state index is 0.273. The van der Waals surface area contributed by atoms with E-state index in [-0.39, 0.29) is 11.6 Å². The maximum absolute atomic E-state index is 13.7. The van der Waals surface area contributed by atoms with E-state index in [1.807, 2.05) is 17.8 Å². The molecule has 0 radical (unpaired) electrons. The normalized spacial score (nSPS) is 16.1. The number of nitrogen functional groups attached to an aromatic ring is 1. The summed E-state index contributed by atoms with van der Waals surface area (Å²) in [6.07, 6.45) is 4.11. The van der Waals surface area contributed by atoms with E-state index in [1.165, 1.54) is 12.1 Å². The van der Waals surface area contributed by atoms with Gasteiger partial charge in [-0.15, -0.1) is 0 Å². The Morgan fingerprint density at radius 3 is 2.81 bits per heavy atom. The molecule has 3 aliphatic heterocycles. The van der Waals surface area contributed by atoms with E-state index in [0.29, 0.717) is 11.5 Å². The lowest BCUT2D eigenvalue weighted by Crippen LogP contribution is -2.40. The first-order chi connectivity index (χ1) is 12.6. The maximum atomic E-state index is 13.7. The number of aromatic nitrogens is 2. The molecule has 26 heavy (non-hydrogen) atoms. The van der Waals surface area contributed by atoms with Crippen LogP contribution < -0.4 is 10.6 Å². The summed E-state index contributed by atoms with van der Waals surface area (Å²) in [5, 5.41) is 10.7. The Hall–Kier alpha value is -3.07. The number of nitriles is 1. The summed E-state index contributed by atoms with van der Waals surface area (Å²) in [6, 6.07) is 7.02. The second-order valence-corrected chi connectivity index (χ2v) is 7.17.